The first-order valence-electron chi connectivity index (χ1n) is 3.89. The van der Waals surface area contributed by atoms with E-state index < -0.39 is 0 Å². The molecule has 1 N–H and O–H groups in total. The molecule has 0 saturated carbocycles. The summed E-state index contributed by atoms with van der Waals surface area (Å²) in [5.41, 5.74) is 3.60. The van der Waals surface area contributed by atoms with Crippen LogP contribution in [0, 0.1) is 19.3 Å². The van der Waals surface area contributed by atoms with E-state index in [1.807, 2.05) is 32.0 Å². The predicted molar refractivity (Wildman–Crippen MR) is 53.2 cm³/mol. The zero-order valence-electron chi connectivity index (χ0n) is 7.32. The summed E-state index contributed by atoms with van der Waals surface area (Å²) in [5, 5.41) is 7.39. The van der Waals surface area contributed by atoms with Crippen molar-refractivity contribution in [3.8, 4) is 0 Å². The van der Waals surface area contributed by atoms with Crippen LogP contribution in [0.5, 0.6) is 0 Å². The molecule has 0 aliphatic rings. The van der Waals surface area contributed by atoms with Gasteiger partial charge in [0.2, 0.25) is 0 Å². The van der Waals surface area contributed by atoms with Crippen LogP contribution in [0.2, 0.25) is 0 Å². The fourth-order valence-corrected chi connectivity index (χ4v) is 1.42. The van der Waals surface area contributed by atoms with Crippen molar-refractivity contribution in [1.82, 2.24) is 0 Å². The lowest BCUT2D eigenvalue weighted by atomic mass is 10.0. The van der Waals surface area contributed by atoms with Crippen LogP contribution in [0.3, 0.4) is 0 Å². The molecular weight excluding hydrogens is 170 g/mol. The van der Waals surface area contributed by atoms with Crippen molar-refractivity contribution in [3.05, 3.63) is 34.9 Å². The fourth-order valence-electron chi connectivity index (χ4n) is 1.28. The Labute approximate surface area is 77.9 Å². The Hall–Kier alpha value is -0.820. The Bertz CT molecular complexity index is 284. The van der Waals surface area contributed by atoms with Gasteiger partial charge in [0, 0.05) is 6.42 Å². The molecule has 1 aromatic rings. The predicted octanol–water partition coefficient (Wildman–Crippen LogP) is 3.06. The maximum Gasteiger partial charge on any atom is 0.101 e. The van der Waals surface area contributed by atoms with Crippen molar-refractivity contribution in [2.24, 2.45) is 0 Å². The molecule has 0 atom stereocenters. The van der Waals surface area contributed by atoms with Gasteiger partial charge in [0.05, 0.1) is 0 Å². The lowest BCUT2D eigenvalue weighted by Crippen LogP contribution is -1.98. The van der Waals surface area contributed by atoms with Crippen molar-refractivity contribution in [3.63, 3.8) is 0 Å². The van der Waals surface area contributed by atoms with Crippen LogP contribution in [0.4, 0.5) is 0 Å². The van der Waals surface area contributed by atoms with E-state index in [1.54, 1.807) is 0 Å². The molecule has 0 unspecified atom stereocenters. The molecule has 12 heavy (non-hydrogen) atoms. The Morgan fingerprint density at radius 1 is 1.33 bits per heavy atom. The van der Waals surface area contributed by atoms with Crippen molar-refractivity contribution in [1.29, 1.82) is 5.41 Å². The number of halogens is 1. The normalized spacial score (nSPS) is 9.92. The highest BCUT2D eigenvalue weighted by Gasteiger charge is 2.02. The average Bonchev–Trinajstić information content (AvgIpc) is 1.97. The molecule has 0 fully saturated rings. The molecule has 1 aromatic carbocycles. The van der Waals surface area contributed by atoms with E-state index in [0.717, 1.165) is 0 Å². The standard InChI is InChI=1S/C10H12ClN/c1-7-4-3-5-8(2)9(7)6-10(11)12/h3-5,12H,6H2,1-2H3. The van der Waals surface area contributed by atoms with Crippen molar-refractivity contribution in [2.45, 2.75) is 20.3 Å². The summed E-state index contributed by atoms with van der Waals surface area (Å²) in [5.74, 6) is 0. The summed E-state index contributed by atoms with van der Waals surface area (Å²) >= 11 is 5.54. The number of rotatable bonds is 2. The quantitative estimate of drug-likeness (QED) is 0.679. The van der Waals surface area contributed by atoms with Crippen LogP contribution < -0.4 is 0 Å². The summed E-state index contributed by atoms with van der Waals surface area (Å²) in [7, 11) is 0. The number of nitrogens with one attached hydrogen (secondary N) is 1. The molecule has 0 aromatic heterocycles. The monoisotopic (exact) mass is 181 g/mol. The first-order chi connectivity index (χ1) is 5.61. The zero-order chi connectivity index (χ0) is 9.14. The molecule has 0 radical (unpaired) electrons. The maximum atomic E-state index is 7.19. The van der Waals surface area contributed by atoms with Gasteiger partial charge in [-0.25, -0.2) is 0 Å². The van der Waals surface area contributed by atoms with Gasteiger partial charge in [0.25, 0.3) is 0 Å². The lowest BCUT2D eigenvalue weighted by molar-refractivity contribution is 1.20. The van der Waals surface area contributed by atoms with Gasteiger partial charge < -0.3 is 0 Å². The molecule has 0 spiro atoms. The van der Waals surface area contributed by atoms with E-state index in [1.165, 1.54) is 16.7 Å². The molecule has 0 aliphatic heterocycles. The summed E-state index contributed by atoms with van der Waals surface area (Å²) in [6.07, 6.45) is 0.556. The van der Waals surface area contributed by atoms with Gasteiger partial charge in [-0.2, -0.15) is 0 Å². The van der Waals surface area contributed by atoms with Gasteiger partial charge in [-0.1, -0.05) is 29.8 Å². The molecule has 1 rings (SSSR count). The Morgan fingerprint density at radius 2 is 1.83 bits per heavy atom. The summed E-state index contributed by atoms with van der Waals surface area (Å²) < 4.78 is 0. The highest BCUT2D eigenvalue weighted by Crippen LogP contribution is 2.14. The van der Waals surface area contributed by atoms with Gasteiger partial charge in [-0.05, 0) is 30.5 Å². The molecule has 0 aliphatic carbocycles. The van der Waals surface area contributed by atoms with Crippen LogP contribution in [-0.2, 0) is 6.42 Å². The van der Waals surface area contributed by atoms with E-state index in [4.69, 9.17) is 17.0 Å². The molecule has 0 bridgehead atoms. The lowest BCUT2D eigenvalue weighted by Gasteiger charge is -2.06. The van der Waals surface area contributed by atoms with Crippen LogP contribution in [-0.4, -0.2) is 5.17 Å². The third-order valence-electron chi connectivity index (χ3n) is 1.98. The number of hydrogen-bond acceptors (Lipinski definition) is 1. The van der Waals surface area contributed by atoms with E-state index >= 15 is 0 Å². The minimum atomic E-state index is 0.201. The highest BCUT2D eigenvalue weighted by atomic mass is 35.5. The van der Waals surface area contributed by atoms with Gasteiger partial charge in [-0.15, -0.1) is 0 Å². The molecule has 64 valence electrons. The summed E-state index contributed by atoms with van der Waals surface area (Å²) in [6, 6.07) is 6.11. The van der Waals surface area contributed by atoms with Gasteiger partial charge in [0.1, 0.15) is 5.17 Å². The average molecular weight is 182 g/mol. The first kappa shape index (κ1) is 9.27. The fraction of sp³-hybridized carbons (Fsp3) is 0.300. The zero-order valence-corrected chi connectivity index (χ0v) is 8.07. The van der Waals surface area contributed by atoms with E-state index in [2.05, 4.69) is 0 Å². The van der Waals surface area contributed by atoms with E-state index in [9.17, 15) is 0 Å². The second-order valence-corrected chi connectivity index (χ2v) is 3.41. The number of benzene rings is 1. The van der Waals surface area contributed by atoms with Gasteiger partial charge in [0.15, 0.2) is 0 Å². The van der Waals surface area contributed by atoms with E-state index in [0.29, 0.717) is 6.42 Å². The highest BCUT2D eigenvalue weighted by molar-refractivity contribution is 6.64. The smallest absolute Gasteiger partial charge is 0.101 e. The van der Waals surface area contributed by atoms with Crippen molar-refractivity contribution < 1.29 is 0 Å². The Kier molecular flexibility index (Phi) is 2.88. The third-order valence-corrected chi connectivity index (χ3v) is 2.11. The SMILES string of the molecule is Cc1cccc(C)c1CC(=N)Cl. The molecule has 1 nitrogen and oxygen atoms in total. The summed E-state index contributed by atoms with van der Waals surface area (Å²) in [4.78, 5) is 0. The second-order valence-electron chi connectivity index (χ2n) is 2.95. The molecule has 0 heterocycles. The van der Waals surface area contributed by atoms with E-state index in [-0.39, 0.29) is 5.17 Å². The van der Waals surface area contributed by atoms with Crippen molar-refractivity contribution >= 4 is 16.8 Å². The third kappa shape index (κ3) is 2.08. The first-order valence-corrected chi connectivity index (χ1v) is 4.27. The van der Waals surface area contributed by atoms with Gasteiger partial charge in [-0.3, -0.25) is 5.41 Å². The van der Waals surface area contributed by atoms with Crippen LogP contribution in [0.15, 0.2) is 18.2 Å². The minimum Gasteiger partial charge on any atom is -0.293 e. The minimum absolute atomic E-state index is 0.201. The second kappa shape index (κ2) is 3.72. The maximum absolute atomic E-state index is 7.19. The van der Waals surface area contributed by atoms with Crippen LogP contribution >= 0.6 is 11.6 Å². The largest absolute Gasteiger partial charge is 0.293 e. The molecule has 0 saturated heterocycles. The van der Waals surface area contributed by atoms with Crippen LogP contribution in [0.1, 0.15) is 16.7 Å². The number of aryl methyl sites for hydroxylation is 2. The topological polar surface area (TPSA) is 23.9 Å². The molecular formula is C10H12ClN. The Morgan fingerprint density at radius 3 is 2.25 bits per heavy atom. The number of hydrogen-bond donors (Lipinski definition) is 1. The molecule has 2 heteroatoms. The molecule has 0 amide bonds. The van der Waals surface area contributed by atoms with Crippen molar-refractivity contribution in [2.75, 3.05) is 0 Å². The van der Waals surface area contributed by atoms with Crippen LogP contribution in [0.25, 0.3) is 0 Å². The Balaban J connectivity index is 3.04. The summed E-state index contributed by atoms with van der Waals surface area (Å²) in [6.45, 7) is 4.09. The van der Waals surface area contributed by atoms with Gasteiger partial charge >= 0.3 is 0 Å².